The maximum absolute atomic E-state index is 9.13. The van der Waals surface area contributed by atoms with E-state index in [2.05, 4.69) is 29.2 Å². The Hall–Kier alpha value is -1.02. The van der Waals surface area contributed by atoms with Crippen molar-refractivity contribution in [2.45, 2.75) is 13.1 Å². The fourth-order valence-electron chi connectivity index (χ4n) is 2.45. The second-order valence-electron chi connectivity index (χ2n) is 5.53. The van der Waals surface area contributed by atoms with Gasteiger partial charge >= 0.3 is 0 Å². The van der Waals surface area contributed by atoms with Crippen molar-refractivity contribution < 1.29 is 20.1 Å². The molecule has 132 valence electrons. The smallest absolute Gasteiger partial charge is 0.0589 e. The normalized spacial score (nSPS) is 11.6. The van der Waals surface area contributed by atoms with E-state index in [1.807, 2.05) is 4.90 Å². The van der Waals surface area contributed by atoms with Crippen LogP contribution in [0.25, 0.3) is 0 Å². The molecule has 0 saturated carbocycles. The van der Waals surface area contributed by atoms with Crippen LogP contribution in [-0.4, -0.2) is 84.8 Å². The predicted octanol–water partition coefficient (Wildman–Crippen LogP) is -0.0861. The van der Waals surface area contributed by atoms with Crippen LogP contribution >= 0.6 is 0 Å². The molecule has 1 rings (SSSR count). The minimum Gasteiger partial charge on any atom is -0.395 e. The topological polar surface area (TPSA) is 76.4 Å². The summed E-state index contributed by atoms with van der Waals surface area (Å²) < 4.78 is 5.10. The number of ether oxygens (including phenoxy) is 1. The SMILES string of the molecule is COCCN(CCO)Cc1ccc(CN(CCO)CCO)cc1. The van der Waals surface area contributed by atoms with Crippen LogP contribution in [0.1, 0.15) is 11.1 Å². The third kappa shape index (κ3) is 8.41. The molecular weight excluding hydrogens is 296 g/mol. The Morgan fingerprint density at radius 1 is 0.739 bits per heavy atom. The van der Waals surface area contributed by atoms with Crippen molar-refractivity contribution in [3.63, 3.8) is 0 Å². The summed E-state index contributed by atoms with van der Waals surface area (Å²) >= 11 is 0. The molecule has 0 radical (unpaired) electrons. The summed E-state index contributed by atoms with van der Waals surface area (Å²) in [5.41, 5.74) is 2.34. The Bertz CT molecular complexity index is 394. The third-order valence-corrected chi connectivity index (χ3v) is 3.70. The maximum Gasteiger partial charge on any atom is 0.0589 e. The zero-order chi connectivity index (χ0) is 16.9. The first kappa shape index (κ1) is 20.0. The number of aliphatic hydroxyl groups excluding tert-OH is 3. The van der Waals surface area contributed by atoms with Gasteiger partial charge in [-0.3, -0.25) is 9.80 Å². The molecule has 0 atom stereocenters. The van der Waals surface area contributed by atoms with Gasteiger partial charge in [-0.05, 0) is 11.1 Å². The third-order valence-electron chi connectivity index (χ3n) is 3.70. The number of methoxy groups -OCH3 is 1. The summed E-state index contributed by atoms with van der Waals surface area (Å²) in [5, 5.41) is 27.2. The van der Waals surface area contributed by atoms with E-state index in [9.17, 15) is 0 Å². The lowest BCUT2D eigenvalue weighted by atomic mass is 10.1. The molecule has 0 fully saturated rings. The minimum atomic E-state index is 0.0910. The molecular formula is C17H30N2O4. The minimum absolute atomic E-state index is 0.0910. The van der Waals surface area contributed by atoms with E-state index in [0.29, 0.717) is 32.8 Å². The fraction of sp³-hybridized carbons (Fsp3) is 0.647. The first-order valence-corrected chi connectivity index (χ1v) is 8.07. The number of nitrogens with zero attached hydrogens (tertiary/aromatic N) is 2. The van der Waals surface area contributed by atoms with Crippen LogP contribution in [0.2, 0.25) is 0 Å². The largest absolute Gasteiger partial charge is 0.395 e. The van der Waals surface area contributed by atoms with Crippen LogP contribution in [0.4, 0.5) is 0 Å². The van der Waals surface area contributed by atoms with E-state index in [-0.39, 0.29) is 19.8 Å². The van der Waals surface area contributed by atoms with Crippen molar-refractivity contribution in [2.24, 2.45) is 0 Å². The number of rotatable bonds is 13. The van der Waals surface area contributed by atoms with Gasteiger partial charge in [0.25, 0.3) is 0 Å². The number of benzene rings is 1. The van der Waals surface area contributed by atoms with Gasteiger partial charge in [-0.2, -0.15) is 0 Å². The molecule has 0 bridgehead atoms. The molecule has 0 aliphatic rings. The van der Waals surface area contributed by atoms with Crippen molar-refractivity contribution in [2.75, 3.05) is 59.7 Å². The van der Waals surface area contributed by atoms with Crippen molar-refractivity contribution in [3.05, 3.63) is 35.4 Å². The van der Waals surface area contributed by atoms with Crippen LogP contribution in [-0.2, 0) is 17.8 Å². The van der Waals surface area contributed by atoms with Gasteiger partial charge in [-0.25, -0.2) is 0 Å². The van der Waals surface area contributed by atoms with Gasteiger partial charge in [0.1, 0.15) is 0 Å². The number of aliphatic hydroxyl groups is 3. The zero-order valence-corrected chi connectivity index (χ0v) is 14.0. The van der Waals surface area contributed by atoms with Crippen LogP contribution < -0.4 is 0 Å². The van der Waals surface area contributed by atoms with Gasteiger partial charge < -0.3 is 20.1 Å². The molecule has 0 heterocycles. The summed E-state index contributed by atoms with van der Waals surface area (Å²) in [5.74, 6) is 0. The highest BCUT2D eigenvalue weighted by atomic mass is 16.5. The quantitative estimate of drug-likeness (QED) is 0.470. The molecule has 3 N–H and O–H groups in total. The Kier molecular flexibility index (Phi) is 10.8. The van der Waals surface area contributed by atoms with E-state index in [0.717, 1.165) is 18.7 Å². The van der Waals surface area contributed by atoms with Crippen molar-refractivity contribution in [3.8, 4) is 0 Å². The first-order chi connectivity index (χ1) is 11.2. The summed E-state index contributed by atoms with van der Waals surface area (Å²) in [6, 6.07) is 8.32. The van der Waals surface area contributed by atoms with Crippen molar-refractivity contribution in [1.82, 2.24) is 9.80 Å². The van der Waals surface area contributed by atoms with E-state index in [4.69, 9.17) is 20.1 Å². The van der Waals surface area contributed by atoms with Gasteiger partial charge in [-0.1, -0.05) is 24.3 Å². The average molecular weight is 326 g/mol. The van der Waals surface area contributed by atoms with Crippen LogP contribution in [0.3, 0.4) is 0 Å². The number of hydrogen-bond donors (Lipinski definition) is 3. The molecule has 1 aromatic carbocycles. The van der Waals surface area contributed by atoms with Crippen molar-refractivity contribution in [1.29, 1.82) is 0 Å². The second-order valence-corrected chi connectivity index (χ2v) is 5.53. The molecule has 0 unspecified atom stereocenters. The molecule has 1 aromatic rings. The number of hydrogen-bond acceptors (Lipinski definition) is 6. The lowest BCUT2D eigenvalue weighted by Gasteiger charge is -2.22. The fourth-order valence-corrected chi connectivity index (χ4v) is 2.45. The monoisotopic (exact) mass is 326 g/mol. The van der Waals surface area contributed by atoms with Gasteiger partial charge in [0.05, 0.1) is 26.4 Å². The molecule has 0 aromatic heterocycles. The molecule has 0 aliphatic heterocycles. The Morgan fingerprint density at radius 2 is 1.13 bits per heavy atom. The van der Waals surface area contributed by atoms with Gasteiger partial charge in [0.2, 0.25) is 0 Å². The Morgan fingerprint density at radius 3 is 1.48 bits per heavy atom. The molecule has 23 heavy (non-hydrogen) atoms. The average Bonchev–Trinajstić information content (AvgIpc) is 2.55. The molecule has 0 aliphatic carbocycles. The van der Waals surface area contributed by atoms with Gasteiger partial charge in [0, 0.05) is 46.4 Å². The highest BCUT2D eigenvalue weighted by Gasteiger charge is 2.07. The zero-order valence-electron chi connectivity index (χ0n) is 14.0. The predicted molar refractivity (Wildman–Crippen MR) is 90.1 cm³/mol. The van der Waals surface area contributed by atoms with E-state index in [1.165, 1.54) is 5.56 Å². The standard InChI is InChI=1S/C17H30N2O4/c1-23-13-9-19(8-12-22)15-17-4-2-16(3-5-17)14-18(6-10-20)7-11-21/h2-5,20-22H,6-15H2,1H3. The Balaban J connectivity index is 2.56. The van der Waals surface area contributed by atoms with Crippen LogP contribution in [0.15, 0.2) is 24.3 Å². The van der Waals surface area contributed by atoms with E-state index >= 15 is 0 Å². The van der Waals surface area contributed by atoms with E-state index in [1.54, 1.807) is 7.11 Å². The molecule has 0 amide bonds. The highest BCUT2D eigenvalue weighted by Crippen LogP contribution is 2.10. The molecule has 0 saturated heterocycles. The van der Waals surface area contributed by atoms with Gasteiger partial charge in [0.15, 0.2) is 0 Å². The maximum atomic E-state index is 9.13. The molecule has 0 spiro atoms. The summed E-state index contributed by atoms with van der Waals surface area (Å²) in [6.45, 7) is 5.00. The first-order valence-electron chi connectivity index (χ1n) is 8.07. The molecule has 6 nitrogen and oxygen atoms in total. The summed E-state index contributed by atoms with van der Waals surface area (Å²) in [6.07, 6.45) is 0. The van der Waals surface area contributed by atoms with Gasteiger partial charge in [-0.15, -0.1) is 0 Å². The lowest BCUT2D eigenvalue weighted by Crippen LogP contribution is -2.30. The Labute approximate surface area is 138 Å². The van der Waals surface area contributed by atoms with Crippen LogP contribution in [0, 0.1) is 0 Å². The van der Waals surface area contributed by atoms with E-state index < -0.39 is 0 Å². The van der Waals surface area contributed by atoms with Crippen LogP contribution in [0.5, 0.6) is 0 Å². The second kappa shape index (κ2) is 12.4. The highest BCUT2D eigenvalue weighted by molar-refractivity contribution is 5.22. The summed E-state index contributed by atoms with van der Waals surface area (Å²) in [4.78, 5) is 4.17. The summed E-state index contributed by atoms with van der Waals surface area (Å²) in [7, 11) is 1.68. The lowest BCUT2D eigenvalue weighted by molar-refractivity contribution is 0.127. The molecule has 6 heteroatoms. The van der Waals surface area contributed by atoms with Crippen molar-refractivity contribution >= 4 is 0 Å².